The van der Waals surface area contributed by atoms with Crippen molar-refractivity contribution in [1.82, 2.24) is 0 Å². The summed E-state index contributed by atoms with van der Waals surface area (Å²) in [4.78, 5) is 17.3. The Morgan fingerprint density at radius 2 is 2.04 bits per heavy atom. The van der Waals surface area contributed by atoms with Crippen LogP contribution < -0.4 is 0 Å². The first-order valence-electron chi connectivity index (χ1n) is 8.09. The highest BCUT2D eigenvalue weighted by molar-refractivity contribution is 8.14. The zero-order valence-electron chi connectivity index (χ0n) is 13.5. The van der Waals surface area contributed by atoms with Gasteiger partial charge >= 0.3 is 0 Å². The number of Topliss-reactive ketones (excluding diaryl/α,β-unsaturated/α-hetero) is 1. The van der Waals surface area contributed by atoms with Crippen LogP contribution in [0.5, 0.6) is 0 Å². The van der Waals surface area contributed by atoms with E-state index in [0.29, 0.717) is 6.42 Å². The summed E-state index contributed by atoms with van der Waals surface area (Å²) in [6.45, 7) is 4.11. The summed E-state index contributed by atoms with van der Waals surface area (Å²) in [5.74, 6) is 0.522. The first kappa shape index (κ1) is 16.0. The number of aryl methyl sites for hydroxylation is 1. The van der Waals surface area contributed by atoms with Crippen molar-refractivity contribution in [2.45, 2.75) is 39.0 Å². The van der Waals surface area contributed by atoms with Gasteiger partial charge in [0.25, 0.3) is 0 Å². The molecule has 0 radical (unpaired) electrons. The highest BCUT2D eigenvalue weighted by atomic mass is 32.2. The van der Waals surface area contributed by atoms with E-state index >= 15 is 0 Å². The first-order valence-corrected chi connectivity index (χ1v) is 9.08. The molecule has 1 aromatic rings. The summed E-state index contributed by atoms with van der Waals surface area (Å²) in [5, 5.41) is 10.6. The van der Waals surface area contributed by atoms with Gasteiger partial charge in [0.2, 0.25) is 0 Å². The summed E-state index contributed by atoms with van der Waals surface area (Å²) < 4.78 is 0. The fraction of sp³-hybridized carbons (Fsp3) is 0.421. The summed E-state index contributed by atoms with van der Waals surface area (Å²) >= 11 is 1.63. The average molecular weight is 324 g/mol. The predicted molar refractivity (Wildman–Crippen MR) is 94.5 cm³/mol. The van der Waals surface area contributed by atoms with E-state index in [2.05, 4.69) is 37.3 Å². The minimum absolute atomic E-state index is 0.168. The topological polar surface area (TPSA) is 53.2 Å². The molecule has 1 unspecified atom stereocenters. The van der Waals surface area contributed by atoms with Gasteiger partial charge in [-0.25, -0.2) is 4.99 Å². The highest BCUT2D eigenvalue weighted by Gasteiger charge is 2.40. The number of nitriles is 1. The van der Waals surface area contributed by atoms with E-state index in [1.54, 1.807) is 11.8 Å². The molecule has 1 aliphatic heterocycles. The Kier molecular flexibility index (Phi) is 4.68. The van der Waals surface area contributed by atoms with Crippen LogP contribution in [0.4, 0.5) is 0 Å². The van der Waals surface area contributed by atoms with E-state index in [-0.39, 0.29) is 17.6 Å². The molecule has 118 valence electrons. The molecular formula is C19H20N2OS. The molecule has 0 N–H and O–H groups in total. The normalized spacial score (nSPS) is 24.0. The van der Waals surface area contributed by atoms with Crippen molar-refractivity contribution in [3.63, 3.8) is 0 Å². The molecule has 0 spiro atoms. The highest BCUT2D eigenvalue weighted by Crippen LogP contribution is 2.44. The van der Waals surface area contributed by atoms with E-state index in [1.165, 1.54) is 5.56 Å². The molecule has 1 aromatic carbocycles. The van der Waals surface area contributed by atoms with Crippen LogP contribution in [-0.2, 0) is 4.79 Å². The van der Waals surface area contributed by atoms with Crippen molar-refractivity contribution in [3.8, 4) is 6.07 Å². The zero-order chi connectivity index (χ0) is 16.4. The van der Waals surface area contributed by atoms with Crippen LogP contribution >= 0.6 is 11.8 Å². The Morgan fingerprint density at radius 3 is 2.70 bits per heavy atom. The maximum atomic E-state index is 12.6. The smallest absolute Gasteiger partial charge is 0.161 e. The van der Waals surface area contributed by atoms with E-state index in [4.69, 9.17) is 4.99 Å². The molecule has 1 heterocycles. The van der Waals surface area contributed by atoms with E-state index in [1.807, 2.05) is 6.92 Å². The third-order valence-corrected chi connectivity index (χ3v) is 5.38. The molecule has 3 rings (SSSR count). The molecule has 23 heavy (non-hydrogen) atoms. The monoisotopic (exact) mass is 324 g/mol. The van der Waals surface area contributed by atoms with Gasteiger partial charge in [-0.1, -0.05) is 36.8 Å². The molecule has 0 bridgehead atoms. The number of thioether (sulfide) groups is 1. The third kappa shape index (κ3) is 2.98. The first-order chi connectivity index (χ1) is 11.2. The van der Waals surface area contributed by atoms with E-state index < -0.39 is 0 Å². The molecule has 0 aromatic heterocycles. The maximum absolute atomic E-state index is 12.6. The molecule has 1 aliphatic carbocycles. The van der Waals surface area contributed by atoms with E-state index in [0.717, 1.165) is 40.5 Å². The molecule has 4 heteroatoms. The van der Waals surface area contributed by atoms with Crippen molar-refractivity contribution in [2.24, 2.45) is 10.9 Å². The predicted octanol–water partition coefficient (Wildman–Crippen LogP) is 4.39. The van der Waals surface area contributed by atoms with Crippen LogP contribution in [0, 0.1) is 24.2 Å². The Labute approximate surface area is 141 Å². The molecular weight excluding hydrogens is 304 g/mol. The summed E-state index contributed by atoms with van der Waals surface area (Å²) in [6, 6.07) is 10.6. The molecule has 0 fully saturated rings. The zero-order valence-corrected chi connectivity index (χ0v) is 14.3. The Bertz CT molecular complexity index is 725. The number of benzene rings is 1. The standard InChI is InChI=1S/C19H20N2OS/c1-3-23-19-14(11-20)17(13-9-7-12(2)8-10-13)18-15(21-19)5-4-6-16(18)22/h7-10,14,17H,3-6H2,1-2H3/t14?,17-/m1/s1. The largest absolute Gasteiger partial charge is 0.294 e. The fourth-order valence-electron chi connectivity index (χ4n) is 3.36. The van der Waals surface area contributed by atoms with Crippen molar-refractivity contribution in [3.05, 3.63) is 46.7 Å². The number of ketones is 1. The van der Waals surface area contributed by atoms with Gasteiger partial charge in [0, 0.05) is 23.6 Å². The second-order valence-corrected chi connectivity index (χ2v) is 7.30. The molecule has 3 nitrogen and oxygen atoms in total. The van der Waals surface area contributed by atoms with Crippen molar-refractivity contribution in [2.75, 3.05) is 5.75 Å². The van der Waals surface area contributed by atoms with Gasteiger partial charge in [-0.05, 0) is 31.1 Å². The SMILES string of the molecule is CCSC1=NC2=C(C(=O)CCC2)[C@H](c2ccc(C)cc2)C1C#N. The second kappa shape index (κ2) is 6.72. The number of aliphatic imine (C=N–C) groups is 1. The van der Waals surface area contributed by atoms with Crippen molar-refractivity contribution in [1.29, 1.82) is 5.26 Å². The van der Waals surface area contributed by atoms with Gasteiger partial charge in [-0.15, -0.1) is 11.8 Å². The van der Waals surface area contributed by atoms with Crippen LogP contribution in [0.15, 0.2) is 40.5 Å². The van der Waals surface area contributed by atoms with Gasteiger partial charge in [0.15, 0.2) is 5.78 Å². The fourth-order valence-corrected chi connectivity index (χ4v) is 4.20. The van der Waals surface area contributed by atoms with Crippen LogP contribution in [0.3, 0.4) is 0 Å². The van der Waals surface area contributed by atoms with Gasteiger partial charge in [-0.2, -0.15) is 5.26 Å². The van der Waals surface area contributed by atoms with Gasteiger partial charge in [-0.3, -0.25) is 4.79 Å². The van der Waals surface area contributed by atoms with Crippen LogP contribution in [0.25, 0.3) is 0 Å². The molecule has 2 atom stereocenters. The molecule has 2 aliphatic rings. The number of carbonyl (C=O) groups is 1. The van der Waals surface area contributed by atoms with Gasteiger partial charge in [0.05, 0.1) is 11.1 Å². The number of nitrogens with zero attached hydrogens (tertiary/aromatic N) is 2. The summed E-state index contributed by atoms with van der Waals surface area (Å²) in [7, 11) is 0. The quantitative estimate of drug-likeness (QED) is 0.810. The van der Waals surface area contributed by atoms with Crippen LogP contribution in [0.1, 0.15) is 43.2 Å². The number of hydrogen-bond donors (Lipinski definition) is 0. The van der Waals surface area contributed by atoms with Gasteiger partial charge < -0.3 is 0 Å². The number of carbonyl (C=O) groups excluding carboxylic acids is 1. The molecule has 0 saturated heterocycles. The number of allylic oxidation sites excluding steroid dienone is 2. The lowest BCUT2D eigenvalue weighted by Gasteiger charge is -2.33. The lowest BCUT2D eigenvalue weighted by Crippen LogP contribution is -2.30. The Hall–Kier alpha value is -1.86. The van der Waals surface area contributed by atoms with Crippen molar-refractivity contribution >= 4 is 22.6 Å². The number of rotatable bonds is 2. The van der Waals surface area contributed by atoms with Gasteiger partial charge in [0.1, 0.15) is 5.92 Å². The molecule has 0 amide bonds. The van der Waals surface area contributed by atoms with Crippen molar-refractivity contribution < 1.29 is 4.79 Å². The average Bonchev–Trinajstić information content (AvgIpc) is 2.55. The second-order valence-electron chi connectivity index (χ2n) is 6.02. The van der Waals surface area contributed by atoms with Crippen LogP contribution in [-0.4, -0.2) is 16.6 Å². The van der Waals surface area contributed by atoms with E-state index in [9.17, 15) is 10.1 Å². The number of hydrogen-bond acceptors (Lipinski definition) is 4. The molecule has 0 saturated carbocycles. The minimum atomic E-state index is -0.358. The third-order valence-electron chi connectivity index (χ3n) is 4.45. The lowest BCUT2D eigenvalue weighted by molar-refractivity contribution is -0.116. The van der Waals surface area contributed by atoms with Crippen LogP contribution in [0.2, 0.25) is 0 Å². The minimum Gasteiger partial charge on any atom is -0.294 e. The Morgan fingerprint density at radius 1 is 1.30 bits per heavy atom. The summed E-state index contributed by atoms with van der Waals surface area (Å²) in [6.07, 6.45) is 2.28. The Balaban J connectivity index is 2.15. The lowest BCUT2D eigenvalue weighted by atomic mass is 9.74. The summed E-state index contributed by atoms with van der Waals surface area (Å²) in [5.41, 5.74) is 3.93. The maximum Gasteiger partial charge on any atom is 0.161 e.